The van der Waals surface area contributed by atoms with E-state index in [1.165, 1.54) is 44.5 Å². The Hall–Kier alpha value is -3.31. The molecule has 0 spiro atoms. The van der Waals surface area contributed by atoms with Gasteiger partial charge >= 0.3 is 0 Å². The Balaban J connectivity index is 1.44. The molecule has 176 valence electrons. The molecule has 2 aliphatic heterocycles. The molecule has 0 bridgehead atoms. The number of halogens is 1. The number of rotatable bonds is 6. The van der Waals surface area contributed by atoms with Crippen LogP contribution < -0.4 is 9.47 Å². The van der Waals surface area contributed by atoms with Crippen molar-refractivity contribution in [2.45, 2.75) is 25.7 Å². The summed E-state index contributed by atoms with van der Waals surface area (Å²) in [5, 5.41) is 9.77. The summed E-state index contributed by atoms with van der Waals surface area (Å²) in [6.45, 7) is 4.41. The summed E-state index contributed by atoms with van der Waals surface area (Å²) >= 11 is 0. The number of nitrogens with zero attached hydrogens (tertiary/aromatic N) is 1. The first-order valence-electron chi connectivity index (χ1n) is 12.1. The molecular weight excluding hydrogens is 429 g/mol. The molecule has 1 saturated heterocycles. The SMILES string of the molecule is Oc1ccc(C2=C(c3ccc(OCCN4CCCCC4)cc3)c3ccc(F)cc3OCC2)cc1. The molecule has 1 fully saturated rings. The number of piperidine rings is 1. The highest BCUT2D eigenvalue weighted by Gasteiger charge is 2.22. The average Bonchev–Trinajstić information content (AvgIpc) is 3.05. The molecule has 3 aromatic carbocycles. The Morgan fingerprint density at radius 3 is 2.38 bits per heavy atom. The van der Waals surface area contributed by atoms with Crippen molar-refractivity contribution in [3.63, 3.8) is 0 Å². The molecule has 1 N–H and O–H groups in total. The Kier molecular flexibility index (Phi) is 6.82. The van der Waals surface area contributed by atoms with Gasteiger partial charge in [-0.1, -0.05) is 30.7 Å². The van der Waals surface area contributed by atoms with E-state index in [1.54, 1.807) is 18.2 Å². The first-order chi connectivity index (χ1) is 16.7. The fourth-order valence-corrected chi connectivity index (χ4v) is 4.85. The highest BCUT2D eigenvalue weighted by atomic mass is 19.1. The Morgan fingerprint density at radius 1 is 0.882 bits per heavy atom. The number of hydrogen-bond donors (Lipinski definition) is 1. The van der Waals surface area contributed by atoms with Crippen LogP contribution in [0, 0.1) is 5.82 Å². The van der Waals surface area contributed by atoms with Crippen molar-refractivity contribution in [1.29, 1.82) is 0 Å². The van der Waals surface area contributed by atoms with E-state index in [9.17, 15) is 9.50 Å². The van der Waals surface area contributed by atoms with Gasteiger partial charge in [-0.15, -0.1) is 0 Å². The molecule has 0 atom stereocenters. The number of benzene rings is 3. The van der Waals surface area contributed by atoms with E-state index >= 15 is 0 Å². The molecule has 0 saturated carbocycles. The summed E-state index contributed by atoms with van der Waals surface area (Å²) in [6.07, 6.45) is 4.57. The predicted octanol–water partition coefficient (Wildman–Crippen LogP) is 6.14. The van der Waals surface area contributed by atoms with Gasteiger partial charge in [-0.2, -0.15) is 0 Å². The van der Waals surface area contributed by atoms with Crippen LogP contribution in [-0.2, 0) is 0 Å². The van der Waals surface area contributed by atoms with Gasteiger partial charge in [0.2, 0.25) is 0 Å². The third kappa shape index (κ3) is 5.10. The van der Waals surface area contributed by atoms with Gasteiger partial charge in [0.25, 0.3) is 0 Å². The van der Waals surface area contributed by atoms with Crippen LogP contribution >= 0.6 is 0 Å². The summed E-state index contributed by atoms with van der Waals surface area (Å²) in [7, 11) is 0. The average molecular weight is 460 g/mol. The van der Waals surface area contributed by atoms with Crippen molar-refractivity contribution in [2.24, 2.45) is 0 Å². The number of phenolic OH excluding ortho intramolecular Hbond substituents is 1. The number of hydrogen-bond acceptors (Lipinski definition) is 4. The zero-order valence-corrected chi connectivity index (χ0v) is 19.3. The molecule has 0 aromatic heterocycles. The van der Waals surface area contributed by atoms with Gasteiger partial charge in [0.15, 0.2) is 0 Å². The molecule has 3 aromatic rings. The molecule has 2 aliphatic rings. The molecule has 34 heavy (non-hydrogen) atoms. The maximum atomic E-state index is 14.0. The number of fused-ring (bicyclic) bond motifs is 1. The van der Waals surface area contributed by atoms with Crippen LogP contribution in [0.4, 0.5) is 4.39 Å². The monoisotopic (exact) mass is 459 g/mol. The smallest absolute Gasteiger partial charge is 0.130 e. The highest BCUT2D eigenvalue weighted by Crippen LogP contribution is 2.41. The number of aromatic hydroxyl groups is 1. The van der Waals surface area contributed by atoms with E-state index in [2.05, 4.69) is 17.0 Å². The van der Waals surface area contributed by atoms with Gasteiger partial charge in [0.05, 0.1) is 6.61 Å². The molecule has 5 rings (SSSR count). The summed E-state index contributed by atoms with van der Waals surface area (Å²) < 4.78 is 25.9. The first kappa shape index (κ1) is 22.5. The van der Waals surface area contributed by atoms with Crippen molar-refractivity contribution in [3.05, 3.63) is 89.2 Å². The van der Waals surface area contributed by atoms with Gasteiger partial charge in [0, 0.05) is 24.6 Å². The molecule has 0 radical (unpaired) electrons. The maximum absolute atomic E-state index is 14.0. The van der Waals surface area contributed by atoms with Crippen LogP contribution in [0.3, 0.4) is 0 Å². The minimum Gasteiger partial charge on any atom is -0.508 e. The molecule has 0 aliphatic carbocycles. The molecule has 0 unspecified atom stereocenters. The lowest BCUT2D eigenvalue weighted by Crippen LogP contribution is -2.33. The Morgan fingerprint density at radius 2 is 1.62 bits per heavy atom. The fourth-order valence-electron chi connectivity index (χ4n) is 4.85. The van der Waals surface area contributed by atoms with E-state index in [0.717, 1.165) is 40.1 Å². The van der Waals surface area contributed by atoms with Crippen molar-refractivity contribution in [1.82, 2.24) is 4.90 Å². The number of likely N-dealkylation sites (tertiary alicyclic amines) is 1. The third-order valence-electron chi connectivity index (χ3n) is 6.61. The van der Waals surface area contributed by atoms with Gasteiger partial charge in [-0.3, -0.25) is 4.90 Å². The largest absolute Gasteiger partial charge is 0.508 e. The standard InChI is InChI=1S/C29H30FNO3/c30-23-8-13-27-28(20-23)34-18-14-26(21-4-9-24(32)10-5-21)29(27)22-6-11-25(12-7-22)33-19-17-31-15-2-1-3-16-31/h4-13,20,32H,1-3,14-19H2. The van der Waals surface area contributed by atoms with Gasteiger partial charge in [0.1, 0.15) is 29.7 Å². The predicted molar refractivity (Wildman–Crippen MR) is 133 cm³/mol. The van der Waals surface area contributed by atoms with Crippen LogP contribution in [0.15, 0.2) is 66.7 Å². The van der Waals surface area contributed by atoms with Gasteiger partial charge < -0.3 is 14.6 Å². The van der Waals surface area contributed by atoms with Crippen LogP contribution in [-0.4, -0.2) is 42.9 Å². The third-order valence-corrected chi connectivity index (χ3v) is 6.61. The van der Waals surface area contributed by atoms with Gasteiger partial charge in [-0.25, -0.2) is 4.39 Å². The lowest BCUT2D eigenvalue weighted by molar-refractivity contribution is 0.183. The van der Waals surface area contributed by atoms with E-state index in [0.29, 0.717) is 25.4 Å². The summed E-state index contributed by atoms with van der Waals surface area (Å²) in [5.41, 5.74) is 5.00. The summed E-state index contributed by atoms with van der Waals surface area (Å²) in [5.74, 6) is 1.30. The van der Waals surface area contributed by atoms with Crippen LogP contribution in [0.1, 0.15) is 42.4 Å². The van der Waals surface area contributed by atoms with Crippen molar-refractivity contribution >= 4 is 11.1 Å². The van der Waals surface area contributed by atoms with Crippen molar-refractivity contribution in [3.8, 4) is 17.2 Å². The molecular formula is C29H30FNO3. The molecule has 5 heteroatoms. The van der Waals surface area contributed by atoms with Crippen molar-refractivity contribution in [2.75, 3.05) is 32.8 Å². The lowest BCUT2D eigenvalue weighted by Gasteiger charge is -2.26. The Labute approximate surface area is 200 Å². The minimum absolute atomic E-state index is 0.226. The zero-order chi connectivity index (χ0) is 23.3. The second-order valence-corrected chi connectivity index (χ2v) is 8.91. The highest BCUT2D eigenvalue weighted by molar-refractivity contribution is 6.00. The van der Waals surface area contributed by atoms with Crippen LogP contribution in [0.2, 0.25) is 0 Å². The van der Waals surface area contributed by atoms with Crippen molar-refractivity contribution < 1.29 is 19.0 Å². The summed E-state index contributed by atoms with van der Waals surface area (Å²) in [6, 6.07) is 20.0. The minimum atomic E-state index is -0.316. The number of ether oxygens (including phenoxy) is 2. The normalized spacial score (nSPS) is 16.5. The second-order valence-electron chi connectivity index (χ2n) is 8.91. The van der Waals surface area contributed by atoms with E-state index in [4.69, 9.17) is 9.47 Å². The molecule has 2 heterocycles. The van der Waals surface area contributed by atoms with E-state index in [-0.39, 0.29) is 11.6 Å². The lowest BCUT2D eigenvalue weighted by atomic mass is 9.88. The maximum Gasteiger partial charge on any atom is 0.130 e. The van der Waals surface area contributed by atoms with Gasteiger partial charge in [-0.05, 0) is 84.6 Å². The summed E-state index contributed by atoms with van der Waals surface area (Å²) in [4.78, 5) is 2.47. The quantitative estimate of drug-likeness (QED) is 0.481. The topological polar surface area (TPSA) is 41.9 Å². The van der Waals surface area contributed by atoms with Crippen LogP contribution in [0.25, 0.3) is 11.1 Å². The number of phenols is 1. The fraction of sp³-hybridized carbons (Fsp3) is 0.310. The van der Waals surface area contributed by atoms with E-state index in [1.807, 2.05) is 24.3 Å². The van der Waals surface area contributed by atoms with E-state index < -0.39 is 0 Å². The second kappa shape index (κ2) is 10.3. The first-order valence-corrected chi connectivity index (χ1v) is 12.1. The molecule has 0 amide bonds. The zero-order valence-electron chi connectivity index (χ0n) is 19.3. The van der Waals surface area contributed by atoms with Crippen LogP contribution in [0.5, 0.6) is 17.2 Å². The molecule has 4 nitrogen and oxygen atoms in total. The Bertz CT molecular complexity index is 1150.